The molecule has 6 nitrogen and oxygen atoms in total. The summed E-state index contributed by atoms with van der Waals surface area (Å²) in [5.41, 5.74) is 6.82. The molecule has 2 aromatic heterocycles. The second kappa shape index (κ2) is 4.36. The first-order chi connectivity index (χ1) is 9.15. The second-order valence-electron chi connectivity index (χ2n) is 3.92. The number of rotatable bonds is 2. The summed E-state index contributed by atoms with van der Waals surface area (Å²) in [4.78, 5) is 12.1. The number of nitrogens with zero attached hydrogens (tertiary/aromatic N) is 2. The van der Waals surface area contributed by atoms with E-state index in [4.69, 9.17) is 10.2 Å². The molecule has 0 saturated carbocycles. The van der Waals surface area contributed by atoms with Crippen molar-refractivity contribution in [1.82, 2.24) is 10.2 Å². The molecule has 0 spiro atoms. The van der Waals surface area contributed by atoms with Crippen LogP contribution in [0.25, 0.3) is 11.0 Å². The molecule has 0 aliphatic carbocycles. The molecular formula is C12H10N4O2S. The number of carbonyl (C=O) groups is 1. The number of anilines is 2. The fourth-order valence-corrected chi connectivity index (χ4v) is 2.32. The van der Waals surface area contributed by atoms with Gasteiger partial charge in [0.2, 0.25) is 10.9 Å². The van der Waals surface area contributed by atoms with Crippen molar-refractivity contribution >= 4 is 39.0 Å². The van der Waals surface area contributed by atoms with E-state index < -0.39 is 5.91 Å². The van der Waals surface area contributed by atoms with E-state index in [-0.39, 0.29) is 5.76 Å². The number of nitrogens with two attached hydrogens (primary N) is 1. The van der Waals surface area contributed by atoms with Crippen LogP contribution < -0.4 is 11.1 Å². The van der Waals surface area contributed by atoms with Crippen LogP contribution in [0.4, 0.5) is 10.8 Å². The Bertz CT molecular complexity index is 762. The van der Waals surface area contributed by atoms with Crippen LogP contribution in [0.2, 0.25) is 0 Å². The molecule has 7 heteroatoms. The molecule has 0 saturated heterocycles. The molecule has 0 bridgehead atoms. The largest absolute Gasteiger partial charge is 0.449 e. The molecule has 3 N–H and O–H groups in total. The predicted molar refractivity (Wildman–Crippen MR) is 73.2 cm³/mol. The second-order valence-corrected chi connectivity index (χ2v) is 5.10. The molecule has 96 valence electrons. The Hall–Kier alpha value is -2.41. The number of fused-ring (bicyclic) bond motifs is 1. The van der Waals surface area contributed by atoms with Gasteiger partial charge in [-0.05, 0) is 19.1 Å². The normalized spacial score (nSPS) is 10.8. The number of carbonyl (C=O) groups excluding carboxylic acids is 1. The fraction of sp³-hybridized carbons (Fsp3) is 0.0833. The van der Waals surface area contributed by atoms with Gasteiger partial charge in [0.25, 0.3) is 5.91 Å². The van der Waals surface area contributed by atoms with Crippen molar-refractivity contribution in [3.63, 3.8) is 0 Å². The Morgan fingerprint density at radius 2 is 2.16 bits per heavy atom. The van der Waals surface area contributed by atoms with Crippen LogP contribution in [0.1, 0.15) is 15.6 Å². The number of amides is 1. The molecule has 0 fully saturated rings. The number of para-hydroxylation sites is 1. The van der Waals surface area contributed by atoms with Gasteiger partial charge in [-0.25, -0.2) is 0 Å². The van der Waals surface area contributed by atoms with Crippen molar-refractivity contribution in [2.75, 3.05) is 11.1 Å². The molecular weight excluding hydrogens is 264 g/mol. The molecule has 0 aliphatic rings. The highest BCUT2D eigenvalue weighted by molar-refractivity contribution is 7.15. The lowest BCUT2D eigenvalue weighted by Crippen LogP contribution is -2.12. The van der Waals surface area contributed by atoms with Gasteiger partial charge >= 0.3 is 0 Å². The highest BCUT2D eigenvalue weighted by Gasteiger charge is 2.19. The maximum Gasteiger partial charge on any atom is 0.295 e. The van der Waals surface area contributed by atoms with Crippen LogP contribution in [-0.2, 0) is 0 Å². The van der Waals surface area contributed by atoms with Gasteiger partial charge in [0, 0.05) is 5.39 Å². The highest BCUT2D eigenvalue weighted by Crippen LogP contribution is 2.28. The number of furan rings is 1. The van der Waals surface area contributed by atoms with E-state index in [1.807, 2.05) is 19.1 Å². The third-order valence-electron chi connectivity index (χ3n) is 2.59. The van der Waals surface area contributed by atoms with Crippen LogP contribution in [0, 0.1) is 6.92 Å². The summed E-state index contributed by atoms with van der Waals surface area (Å²) in [6, 6.07) is 7.22. The van der Waals surface area contributed by atoms with E-state index in [2.05, 4.69) is 15.5 Å². The number of aromatic nitrogens is 2. The third kappa shape index (κ3) is 2.04. The molecule has 0 radical (unpaired) electrons. The van der Waals surface area contributed by atoms with Crippen LogP contribution in [-0.4, -0.2) is 16.1 Å². The number of benzene rings is 1. The first kappa shape index (κ1) is 11.7. The zero-order valence-electron chi connectivity index (χ0n) is 10.0. The molecule has 0 aliphatic heterocycles. The Kier molecular flexibility index (Phi) is 2.68. The Balaban J connectivity index is 1.95. The Morgan fingerprint density at radius 1 is 1.37 bits per heavy atom. The van der Waals surface area contributed by atoms with E-state index in [1.54, 1.807) is 12.1 Å². The molecule has 3 aromatic rings. The quantitative estimate of drug-likeness (QED) is 0.748. The van der Waals surface area contributed by atoms with Gasteiger partial charge in [0.05, 0.1) is 5.69 Å². The van der Waals surface area contributed by atoms with Gasteiger partial charge in [0.1, 0.15) is 10.6 Å². The van der Waals surface area contributed by atoms with Crippen molar-refractivity contribution < 1.29 is 9.21 Å². The monoisotopic (exact) mass is 274 g/mol. The van der Waals surface area contributed by atoms with Gasteiger partial charge in [0.15, 0.2) is 0 Å². The third-order valence-corrected chi connectivity index (χ3v) is 3.34. The summed E-state index contributed by atoms with van der Waals surface area (Å²) in [5.74, 6) is -0.334. The maximum atomic E-state index is 12.1. The molecule has 0 unspecified atom stereocenters. The minimum atomic E-state index is -0.426. The average molecular weight is 274 g/mol. The van der Waals surface area contributed by atoms with Gasteiger partial charge in [-0.1, -0.05) is 23.5 Å². The average Bonchev–Trinajstić information content (AvgIpc) is 2.94. The minimum Gasteiger partial charge on any atom is -0.449 e. The first-order valence-corrected chi connectivity index (χ1v) is 6.35. The molecule has 3 rings (SSSR count). The zero-order chi connectivity index (χ0) is 13.4. The summed E-state index contributed by atoms with van der Waals surface area (Å²) >= 11 is 1.29. The maximum absolute atomic E-state index is 12.1. The summed E-state index contributed by atoms with van der Waals surface area (Å²) in [5, 5.41) is 12.2. The lowest BCUT2D eigenvalue weighted by atomic mass is 10.2. The predicted octanol–water partition coefficient (Wildman–Crippen LogP) is 2.43. The Morgan fingerprint density at radius 3 is 2.84 bits per heavy atom. The topological polar surface area (TPSA) is 94.0 Å². The van der Waals surface area contributed by atoms with Gasteiger partial charge < -0.3 is 10.2 Å². The number of nitrogen functional groups attached to an aromatic ring is 1. The van der Waals surface area contributed by atoms with E-state index in [0.717, 1.165) is 10.4 Å². The summed E-state index contributed by atoms with van der Waals surface area (Å²) in [6.07, 6.45) is 0. The SMILES string of the molecule is Cc1nnc(NC(=O)c2oc3ccccc3c2N)s1. The fourth-order valence-electron chi connectivity index (χ4n) is 1.74. The zero-order valence-corrected chi connectivity index (χ0v) is 10.8. The lowest BCUT2D eigenvalue weighted by molar-refractivity contribution is 0.0999. The smallest absolute Gasteiger partial charge is 0.295 e. The molecule has 0 atom stereocenters. The summed E-state index contributed by atoms with van der Waals surface area (Å²) in [7, 11) is 0. The van der Waals surface area contributed by atoms with Crippen LogP contribution in [0.5, 0.6) is 0 Å². The highest BCUT2D eigenvalue weighted by atomic mass is 32.1. The summed E-state index contributed by atoms with van der Waals surface area (Å²) < 4.78 is 5.46. The molecule has 1 aromatic carbocycles. The molecule has 19 heavy (non-hydrogen) atoms. The van der Waals surface area contributed by atoms with Crippen molar-refractivity contribution in [2.45, 2.75) is 6.92 Å². The van der Waals surface area contributed by atoms with Gasteiger partial charge in [-0.2, -0.15) is 0 Å². The standard InChI is InChI=1S/C12H10N4O2S/c1-6-15-16-12(19-6)14-11(17)10-9(13)7-4-2-3-5-8(7)18-10/h2-5H,13H2,1H3,(H,14,16,17). The van der Waals surface area contributed by atoms with E-state index >= 15 is 0 Å². The first-order valence-electron chi connectivity index (χ1n) is 5.53. The summed E-state index contributed by atoms with van der Waals surface area (Å²) in [6.45, 7) is 1.81. The number of nitrogens with one attached hydrogen (secondary N) is 1. The van der Waals surface area contributed by atoms with Crippen LogP contribution in [0.15, 0.2) is 28.7 Å². The van der Waals surface area contributed by atoms with Crippen molar-refractivity contribution in [3.05, 3.63) is 35.0 Å². The van der Waals surface area contributed by atoms with Crippen molar-refractivity contribution in [1.29, 1.82) is 0 Å². The number of aryl methyl sites for hydroxylation is 1. The van der Waals surface area contributed by atoms with Crippen molar-refractivity contribution in [2.24, 2.45) is 0 Å². The van der Waals surface area contributed by atoms with Crippen molar-refractivity contribution in [3.8, 4) is 0 Å². The van der Waals surface area contributed by atoms with E-state index in [1.165, 1.54) is 11.3 Å². The van der Waals surface area contributed by atoms with Crippen LogP contribution in [0.3, 0.4) is 0 Å². The molecule has 2 heterocycles. The van der Waals surface area contributed by atoms with Crippen LogP contribution >= 0.6 is 11.3 Å². The lowest BCUT2D eigenvalue weighted by Gasteiger charge is -1.97. The Labute approximate surface area is 112 Å². The van der Waals surface area contributed by atoms with Gasteiger partial charge in [-0.3, -0.25) is 10.1 Å². The molecule has 1 amide bonds. The number of hydrogen-bond donors (Lipinski definition) is 2. The number of hydrogen-bond acceptors (Lipinski definition) is 6. The van der Waals surface area contributed by atoms with E-state index in [0.29, 0.717) is 16.4 Å². The minimum absolute atomic E-state index is 0.0917. The van der Waals surface area contributed by atoms with E-state index in [9.17, 15) is 4.79 Å². The van der Waals surface area contributed by atoms with Gasteiger partial charge in [-0.15, -0.1) is 10.2 Å².